The van der Waals surface area contributed by atoms with Crippen LogP contribution in [-0.4, -0.2) is 0 Å². The van der Waals surface area contributed by atoms with Gasteiger partial charge in [-0.3, -0.25) is 0 Å². The van der Waals surface area contributed by atoms with E-state index in [1.807, 2.05) is 60.7 Å². The third-order valence-electron chi connectivity index (χ3n) is 18.7. The van der Waals surface area contributed by atoms with Gasteiger partial charge in [0.15, 0.2) is 14.3 Å². The number of fused-ring (bicyclic) bond motifs is 21. The molecular weight excluding hydrogens is 995 g/mol. The van der Waals surface area contributed by atoms with E-state index in [0.717, 1.165) is 54.1 Å². The Bertz CT molecular complexity index is 4300. The second kappa shape index (κ2) is 16.1. The summed E-state index contributed by atoms with van der Waals surface area (Å²) in [6.45, 7) is 0. The number of rotatable bonds is 4. The molecule has 0 aromatic heterocycles. The molecule has 0 N–H and O–H groups in total. The van der Waals surface area contributed by atoms with Gasteiger partial charge in [-0.1, -0.05) is 291 Å². The molecule has 3 aliphatic carbocycles. The molecule has 0 unspecified atom stereocenters. The zero-order valence-corrected chi connectivity index (χ0v) is 44.7. The Hall–Kier alpha value is -8.90. The smallest absolute Gasteiger partial charge is 0.171 e. The normalized spacial score (nSPS) is 21.3. The summed E-state index contributed by atoms with van der Waals surface area (Å²) >= 11 is 0. The summed E-state index contributed by atoms with van der Waals surface area (Å²) in [6, 6.07) is 105. The molecule has 2 nitrogen and oxygen atoms in total. The lowest BCUT2D eigenvalue weighted by atomic mass is 9.62. The van der Waals surface area contributed by atoms with Crippen LogP contribution in [0.3, 0.4) is 0 Å². The van der Waals surface area contributed by atoms with Crippen molar-refractivity contribution in [1.82, 2.24) is 0 Å². The van der Waals surface area contributed by atoms with Gasteiger partial charge >= 0.3 is 0 Å². The summed E-state index contributed by atoms with van der Waals surface area (Å²) in [5, 5.41) is 5.20. The first-order valence-electron chi connectivity index (χ1n) is 27.4. The van der Waals surface area contributed by atoms with E-state index in [1.165, 1.54) is 77.9 Å². The molecule has 12 aromatic carbocycles. The summed E-state index contributed by atoms with van der Waals surface area (Å²) in [6.07, 6.45) is 0. The topological polar surface area (TPSA) is 34.1 Å². The lowest BCUT2D eigenvalue weighted by Crippen LogP contribution is -2.46. The molecule has 17 rings (SSSR count). The molecule has 0 atom stereocenters. The van der Waals surface area contributed by atoms with Crippen molar-refractivity contribution in [1.29, 1.82) is 0 Å². The van der Waals surface area contributed by atoms with Gasteiger partial charge in [-0.15, -0.1) is 0 Å². The molecule has 2 heterocycles. The molecule has 0 amide bonds. The standard InChI is InChI=1S/C75H48O2P2/c76-78(49-25-3-1-4-26-49)67-45-19-15-37-59(67)74(60-38-16-20-46-68(60)78)57-35-13-9-31-53(57)71-63(41-23-43-65(71)74)73(55-33-11-7-29-51(55)52-30-8-12-34-56(52)73)64-42-24-44-66-72(64)54-32-10-14-36-58(54)75(66)61-39-17-21-47-69(61)79(77,50-27-5-2-6-28-50)70-48-22-18-40-62(70)75/h1-48H. The number of hydrogen-bond acceptors (Lipinski definition) is 2. The highest BCUT2D eigenvalue weighted by atomic mass is 31.2. The summed E-state index contributed by atoms with van der Waals surface area (Å²) in [4.78, 5) is 0. The van der Waals surface area contributed by atoms with Crippen LogP contribution in [0.2, 0.25) is 0 Å². The molecule has 370 valence electrons. The molecule has 0 saturated heterocycles. The Kier molecular flexibility index (Phi) is 9.20. The Morgan fingerprint density at radius 2 is 0.405 bits per heavy atom. The average Bonchev–Trinajstić information content (AvgIpc) is 2.41. The zero-order valence-electron chi connectivity index (χ0n) is 42.9. The van der Waals surface area contributed by atoms with Gasteiger partial charge in [0.1, 0.15) is 0 Å². The van der Waals surface area contributed by atoms with Crippen LogP contribution in [0.1, 0.15) is 66.8 Å². The van der Waals surface area contributed by atoms with Gasteiger partial charge in [0.25, 0.3) is 0 Å². The van der Waals surface area contributed by atoms with Gasteiger partial charge in [0, 0.05) is 31.8 Å². The maximum Gasteiger partial charge on any atom is 0.171 e. The van der Waals surface area contributed by atoms with Gasteiger partial charge in [-0.25, -0.2) is 0 Å². The van der Waals surface area contributed by atoms with Gasteiger partial charge in [0.05, 0.1) is 16.2 Å². The van der Waals surface area contributed by atoms with Crippen molar-refractivity contribution in [2.75, 3.05) is 0 Å². The van der Waals surface area contributed by atoms with Crippen molar-refractivity contribution in [3.05, 3.63) is 358 Å². The van der Waals surface area contributed by atoms with Crippen LogP contribution in [0, 0.1) is 0 Å². The molecule has 2 aliphatic heterocycles. The van der Waals surface area contributed by atoms with Crippen LogP contribution in [0.4, 0.5) is 0 Å². The summed E-state index contributed by atoms with van der Waals surface area (Å²) in [7, 11) is -6.75. The minimum Gasteiger partial charge on any atom is -0.309 e. The summed E-state index contributed by atoms with van der Waals surface area (Å²) in [5.74, 6) is 0. The first-order valence-corrected chi connectivity index (χ1v) is 30.8. The molecule has 4 heteroatoms. The molecule has 0 saturated carbocycles. The minimum absolute atomic E-state index is 0.811. The summed E-state index contributed by atoms with van der Waals surface area (Å²) in [5.41, 5.74) is 18.5. The van der Waals surface area contributed by atoms with E-state index >= 15 is 9.13 Å². The van der Waals surface area contributed by atoms with Crippen LogP contribution in [-0.2, 0) is 25.4 Å². The first-order chi connectivity index (χ1) is 39.0. The molecule has 79 heavy (non-hydrogen) atoms. The van der Waals surface area contributed by atoms with E-state index < -0.39 is 30.5 Å². The highest BCUT2D eigenvalue weighted by Gasteiger charge is 2.60. The van der Waals surface area contributed by atoms with E-state index in [1.54, 1.807) is 0 Å². The molecule has 12 aromatic rings. The Labute approximate surface area is 460 Å². The van der Waals surface area contributed by atoms with Gasteiger partial charge in [-0.2, -0.15) is 0 Å². The van der Waals surface area contributed by atoms with Crippen molar-refractivity contribution in [3.8, 4) is 33.4 Å². The second-order valence-electron chi connectivity index (χ2n) is 21.8. The van der Waals surface area contributed by atoms with Crippen molar-refractivity contribution in [2.45, 2.75) is 16.2 Å². The zero-order chi connectivity index (χ0) is 52.3. The van der Waals surface area contributed by atoms with E-state index in [4.69, 9.17) is 0 Å². The Morgan fingerprint density at radius 1 is 0.190 bits per heavy atom. The molecule has 0 fully saturated rings. The maximum atomic E-state index is 16.6. The Balaban J connectivity index is 1.02. The fourth-order valence-electron chi connectivity index (χ4n) is 16.0. The molecule has 5 aliphatic rings. The fourth-order valence-corrected chi connectivity index (χ4v) is 22.4. The third kappa shape index (κ3) is 5.26. The van der Waals surface area contributed by atoms with Crippen LogP contribution < -0.4 is 31.8 Å². The van der Waals surface area contributed by atoms with Crippen molar-refractivity contribution >= 4 is 46.1 Å². The largest absolute Gasteiger partial charge is 0.309 e. The molecule has 0 bridgehead atoms. The van der Waals surface area contributed by atoms with Crippen molar-refractivity contribution in [3.63, 3.8) is 0 Å². The number of hydrogen-bond donors (Lipinski definition) is 0. The monoisotopic (exact) mass is 1040 g/mol. The quantitative estimate of drug-likeness (QED) is 0.165. The van der Waals surface area contributed by atoms with Crippen LogP contribution >= 0.6 is 14.3 Å². The first kappa shape index (κ1) is 45.2. The predicted molar refractivity (Wildman–Crippen MR) is 324 cm³/mol. The van der Waals surface area contributed by atoms with E-state index in [-0.39, 0.29) is 0 Å². The molecule has 0 radical (unpaired) electrons. The third-order valence-corrected chi connectivity index (χ3v) is 25.1. The predicted octanol–water partition coefficient (Wildman–Crippen LogP) is 14.7. The van der Waals surface area contributed by atoms with Gasteiger partial charge in [0.2, 0.25) is 0 Å². The van der Waals surface area contributed by atoms with Crippen LogP contribution in [0.5, 0.6) is 0 Å². The van der Waals surface area contributed by atoms with Crippen LogP contribution in [0.25, 0.3) is 33.4 Å². The minimum atomic E-state index is -3.38. The summed E-state index contributed by atoms with van der Waals surface area (Å²) < 4.78 is 33.2. The van der Waals surface area contributed by atoms with Crippen molar-refractivity contribution in [2.24, 2.45) is 0 Å². The number of benzene rings is 12. The Morgan fingerprint density at radius 3 is 0.722 bits per heavy atom. The van der Waals surface area contributed by atoms with E-state index in [0.29, 0.717) is 0 Å². The lowest BCUT2D eigenvalue weighted by molar-refractivity contribution is 0.589. The highest BCUT2D eigenvalue weighted by Crippen LogP contribution is 2.69. The maximum absolute atomic E-state index is 16.6. The molecular formula is C75H48O2P2. The van der Waals surface area contributed by atoms with Crippen molar-refractivity contribution < 1.29 is 9.13 Å². The van der Waals surface area contributed by atoms with Crippen LogP contribution in [0.15, 0.2) is 291 Å². The average molecular weight is 1040 g/mol. The van der Waals surface area contributed by atoms with E-state index in [2.05, 4.69) is 231 Å². The lowest BCUT2D eigenvalue weighted by Gasteiger charge is -2.44. The SMILES string of the molecule is O=P1(c2ccccc2)c2ccccc2C2(c3ccccc3-c3c2cccc3C2(c3cccc4c3-c3ccccc3C43c4ccccc4P(=O)(c4ccccc4)c4ccccc43)c3ccccc3-c3ccccc32)c2ccccc21. The second-order valence-corrected chi connectivity index (χ2v) is 27.2. The van der Waals surface area contributed by atoms with Gasteiger partial charge < -0.3 is 9.13 Å². The highest BCUT2D eigenvalue weighted by molar-refractivity contribution is 7.86. The van der Waals surface area contributed by atoms with Gasteiger partial charge in [-0.05, 0) is 100 Å². The fraction of sp³-hybridized carbons (Fsp3) is 0.0400. The van der Waals surface area contributed by atoms with E-state index in [9.17, 15) is 0 Å². The molecule has 2 spiro atoms.